The molecule has 32 heavy (non-hydrogen) atoms. The number of benzene rings is 2. The van der Waals surface area contributed by atoms with Crippen molar-refractivity contribution in [3.05, 3.63) is 71.3 Å². The lowest BCUT2D eigenvalue weighted by molar-refractivity contribution is -0.137. The van der Waals surface area contributed by atoms with Crippen LogP contribution in [0.25, 0.3) is 0 Å². The molecule has 1 saturated heterocycles. The first-order valence-electron chi connectivity index (χ1n) is 10.8. The lowest BCUT2D eigenvalue weighted by Gasteiger charge is -2.34. The van der Waals surface area contributed by atoms with E-state index >= 15 is 0 Å². The Balaban J connectivity index is 1.71. The molecule has 0 spiro atoms. The van der Waals surface area contributed by atoms with Crippen LogP contribution in [0.3, 0.4) is 0 Å². The number of nitrogens with zero attached hydrogens (tertiary/aromatic N) is 2. The summed E-state index contributed by atoms with van der Waals surface area (Å²) < 4.78 is 24.2. The molecule has 3 amide bonds. The monoisotopic (exact) mass is 454 g/mol. The van der Waals surface area contributed by atoms with Crippen LogP contribution >= 0.6 is 0 Å². The number of fused-ring (bicyclic) bond motifs is 1. The van der Waals surface area contributed by atoms with Crippen LogP contribution in [-0.4, -0.2) is 66.1 Å². The number of hydrogen-bond acceptors (Lipinski definition) is 5. The number of imide groups is 1. The first-order valence-corrected chi connectivity index (χ1v) is 12.7. The molecule has 0 radical (unpaired) electrons. The van der Waals surface area contributed by atoms with Crippen molar-refractivity contribution in [2.75, 3.05) is 18.1 Å². The van der Waals surface area contributed by atoms with Crippen molar-refractivity contribution < 1.29 is 22.8 Å². The molecule has 2 heterocycles. The van der Waals surface area contributed by atoms with Crippen molar-refractivity contribution in [1.29, 1.82) is 0 Å². The fraction of sp³-hybridized carbons (Fsp3) is 0.375. The third kappa shape index (κ3) is 4.19. The molecule has 0 N–H and O–H groups in total. The third-order valence-electron chi connectivity index (χ3n) is 6.09. The number of carbonyl (C=O) groups excluding carboxylic acids is 3. The molecule has 2 aliphatic rings. The van der Waals surface area contributed by atoms with Gasteiger partial charge in [0.2, 0.25) is 5.91 Å². The van der Waals surface area contributed by atoms with Gasteiger partial charge in [-0.3, -0.25) is 19.3 Å². The quantitative estimate of drug-likeness (QED) is 0.599. The molecule has 168 valence electrons. The molecule has 2 aliphatic heterocycles. The van der Waals surface area contributed by atoms with Crippen LogP contribution in [-0.2, 0) is 21.1 Å². The molecule has 2 atom stereocenters. The number of rotatable bonds is 7. The van der Waals surface area contributed by atoms with E-state index in [1.54, 1.807) is 29.2 Å². The summed E-state index contributed by atoms with van der Waals surface area (Å²) in [5.74, 6) is -1.40. The average Bonchev–Trinajstić information content (AvgIpc) is 3.27. The first kappa shape index (κ1) is 22.2. The molecular weight excluding hydrogens is 428 g/mol. The summed E-state index contributed by atoms with van der Waals surface area (Å²) in [7, 11) is -3.20. The Morgan fingerprint density at radius 2 is 1.62 bits per heavy atom. The maximum absolute atomic E-state index is 13.8. The van der Waals surface area contributed by atoms with E-state index in [4.69, 9.17) is 0 Å². The first-order chi connectivity index (χ1) is 15.3. The van der Waals surface area contributed by atoms with Crippen LogP contribution in [0.4, 0.5) is 0 Å². The Morgan fingerprint density at radius 1 is 1.03 bits per heavy atom. The van der Waals surface area contributed by atoms with Crippen molar-refractivity contribution >= 4 is 27.6 Å². The zero-order valence-corrected chi connectivity index (χ0v) is 18.8. The van der Waals surface area contributed by atoms with Crippen LogP contribution in [0.2, 0.25) is 0 Å². The fourth-order valence-electron chi connectivity index (χ4n) is 4.54. The molecule has 4 rings (SSSR count). The molecule has 0 saturated carbocycles. The Kier molecular flexibility index (Phi) is 6.15. The number of sulfone groups is 1. The van der Waals surface area contributed by atoms with Gasteiger partial charge in [0, 0.05) is 19.0 Å². The Labute approximate surface area is 187 Å². The summed E-state index contributed by atoms with van der Waals surface area (Å²) in [5.41, 5.74) is 1.39. The second-order valence-electron chi connectivity index (χ2n) is 8.32. The van der Waals surface area contributed by atoms with E-state index in [-0.39, 0.29) is 35.0 Å². The van der Waals surface area contributed by atoms with E-state index in [1.165, 1.54) is 0 Å². The van der Waals surface area contributed by atoms with Gasteiger partial charge >= 0.3 is 0 Å². The van der Waals surface area contributed by atoms with E-state index in [0.29, 0.717) is 19.4 Å². The predicted octanol–water partition coefficient (Wildman–Crippen LogP) is 2.32. The molecule has 1 fully saturated rings. The van der Waals surface area contributed by atoms with Crippen molar-refractivity contribution in [3.63, 3.8) is 0 Å². The summed E-state index contributed by atoms with van der Waals surface area (Å²) in [6, 6.07) is 14.3. The summed E-state index contributed by atoms with van der Waals surface area (Å²) in [4.78, 5) is 42.9. The fourth-order valence-corrected chi connectivity index (χ4v) is 6.27. The summed E-state index contributed by atoms with van der Waals surface area (Å²) >= 11 is 0. The van der Waals surface area contributed by atoms with Crippen molar-refractivity contribution in [2.24, 2.45) is 0 Å². The molecular formula is C24H26N2O5S. The van der Waals surface area contributed by atoms with E-state index < -0.39 is 33.7 Å². The van der Waals surface area contributed by atoms with E-state index in [2.05, 4.69) is 0 Å². The van der Waals surface area contributed by atoms with Gasteiger partial charge in [-0.1, -0.05) is 49.4 Å². The van der Waals surface area contributed by atoms with Crippen LogP contribution < -0.4 is 0 Å². The normalized spacial score (nSPS) is 20.3. The van der Waals surface area contributed by atoms with Gasteiger partial charge in [0.1, 0.15) is 6.04 Å². The summed E-state index contributed by atoms with van der Waals surface area (Å²) in [5, 5.41) is 0. The Bertz CT molecular complexity index is 1110. The van der Waals surface area contributed by atoms with Gasteiger partial charge in [0.15, 0.2) is 9.84 Å². The molecule has 2 aromatic rings. The molecule has 2 aromatic carbocycles. The van der Waals surface area contributed by atoms with Gasteiger partial charge in [0.05, 0.1) is 22.6 Å². The number of hydrogen-bond donors (Lipinski definition) is 0. The highest BCUT2D eigenvalue weighted by molar-refractivity contribution is 7.91. The molecule has 7 nitrogen and oxygen atoms in total. The van der Waals surface area contributed by atoms with Gasteiger partial charge in [-0.05, 0) is 30.5 Å². The molecule has 0 aliphatic carbocycles. The maximum atomic E-state index is 13.8. The number of carbonyl (C=O) groups is 3. The van der Waals surface area contributed by atoms with Crippen molar-refractivity contribution in [3.8, 4) is 0 Å². The molecule has 0 aromatic heterocycles. The minimum absolute atomic E-state index is 0.0432. The third-order valence-corrected chi connectivity index (χ3v) is 7.84. The highest BCUT2D eigenvalue weighted by Crippen LogP contribution is 2.28. The van der Waals surface area contributed by atoms with Crippen LogP contribution in [0, 0.1) is 0 Å². The van der Waals surface area contributed by atoms with E-state index in [1.807, 2.05) is 37.3 Å². The summed E-state index contributed by atoms with van der Waals surface area (Å²) in [6.45, 7) is 2.28. The van der Waals surface area contributed by atoms with Crippen molar-refractivity contribution in [2.45, 2.75) is 38.3 Å². The lowest BCUT2D eigenvalue weighted by Crippen LogP contribution is -2.55. The molecule has 1 unspecified atom stereocenters. The largest absolute Gasteiger partial charge is 0.337 e. The highest BCUT2D eigenvalue weighted by atomic mass is 32.2. The topological polar surface area (TPSA) is 91.8 Å². The SMILES string of the molecule is CCCN(C(=O)[C@H](Cc1ccccc1)N1C(=O)c2ccccc2C1=O)C1CCS(=O)(=O)C1. The van der Waals surface area contributed by atoms with E-state index in [9.17, 15) is 22.8 Å². The van der Waals surface area contributed by atoms with Gasteiger partial charge in [-0.25, -0.2) is 8.42 Å². The predicted molar refractivity (Wildman–Crippen MR) is 120 cm³/mol. The van der Waals surface area contributed by atoms with Crippen molar-refractivity contribution in [1.82, 2.24) is 9.80 Å². The van der Waals surface area contributed by atoms with Crippen LogP contribution in [0.1, 0.15) is 46.0 Å². The Hall–Kier alpha value is -3.00. The standard InChI is InChI=1S/C24H26N2O5S/c1-2-13-25(18-12-14-32(30,31)16-18)24(29)21(15-17-8-4-3-5-9-17)26-22(27)19-10-6-7-11-20(19)23(26)28/h3-11,18,21H,2,12-16H2,1H3/t18?,21-/m0/s1. The number of amides is 3. The smallest absolute Gasteiger partial charge is 0.262 e. The highest BCUT2D eigenvalue weighted by Gasteiger charge is 2.45. The zero-order chi connectivity index (χ0) is 22.9. The van der Waals surface area contributed by atoms with E-state index in [0.717, 1.165) is 10.5 Å². The minimum Gasteiger partial charge on any atom is -0.337 e. The van der Waals surface area contributed by atoms with Gasteiger partial charge < -0.3 is 4.90 Å². The Morgan fingerprint density at radius 3 is 2.16 bits per heavy atom. The van der Waals surface area contributed by atoms with Gasteiger partial charge in [0.25, 0.3) is 11.8 Å². The lowest BCUT2D eigenvalue weighted by atomic mass is 10.0. The maximum Gasteiger partial charge on any atom is 0.262 e. The molecule has 0 bridgehead atoms. The van der Waals surface area contributed by atoms with Gasteiger partial charge in [-0.2, -0.15) is 0 Å². The second-order valence-corrected chi connectivity index (χ2v) is 10.5. The van der Waals surface area contributed by atoms with Crippen LogP contribution in [0.15, 0.2) is 54.6 Å². The zero-order valence-electron chi connectivity index (χ0n) is 17.9. The summed E-state index contributed by atoms with van der Waals surface area (Å²) in [6.07, 6.45) is 1.18. The minimum atomic E-state index is -3.20. The second kappa shape index (κ2) is 8.86. The van der Waals surface area contributed by atoms with Crippen LogP contribution in [0.5, 0.6) is 0 Å². The molecule has 8 heteroatoms. The average molecular weight is 455 g/mol. The van der Waals surface area contributed by atoms with Gasteiger partial charge in [-0.15, -0.1) is 0 Å².